The number of hydrogen-bond donors (Lipinski definition) is 2. The quantitative estimate of drug-likeness (QED) is 0.758. The van der Waals surface area contributed by atoms with Gasteiger partial charge in [-0.25, -0.2) is 9.97 Å². The van der Waals surface area contributed by atoms with Crippen molar-refractivity contribution in [1.29, 1.82) is 0 Å². The van der Waals surface area contributed by atoms with Crippen molar-refractivity contribution in [3.05, 3.63) is 66.2 Å². The Morgan fingerprint density at radius 2 is 1.96 bits per heavy atom. The van der Waals surface area contributed by atoms with E-state index in [1.54, 1.807) is 24.8 Å². The molecule has 0 amide bonds. The predicted molar refractivity (Wildman–Crippen MR) is 88.1 cm³/mol. The second-order valence-corrected chi connectivity index (χ2v) is 5.38. The smallest absolute Gasteiger partial charge is 0.176 e. The van der Waals surface area contributed by atoms with Crippen LogP contribution in [0, 0.1) is 0 Å². The molecule has 0 fully saturated rings. The molecule has 2 N–H and O–H groups in total. The largest absolute Gasteiger partial charge is 0.384 e. The molecule has 2 aromatic heterocycles. The lowest BCUT2D eigenvalue weighted by molar-refractivity contribution is 0.220. The molecule has 0 bridgehead atoms. The first kappa shape index (κ1) is 13.7. The molecule has 1 aliphatic rings. The number of benzene rings is 1. The van der Waals surface area contributed by atoms with Gasteiger partial charge in [-0.1, -0.05) is 12.1 Å². The molecule has 0 aliphatic carbocycles. The lowest BCUT2D eigenvalue weighted by Gasteiger charge is -2.29. The van der Waals surface area contributed by atoms with Crippen molar-refractivity contribution >= 4 is 23.0 Å². The second kappa shape index (κ2) is 5.33. The first-order valence-electron chi connectivity index (χ1n) is 7.28. The number of pyridine rings is 1. The van der Waals surface area contributed by atoms with Crippen LogP contribution in [0.2, 0.25) is 0 Å². The fourth-order valence-corrected chi connectivity index (χ4v) is 2.75. The van der Waals surface area contributed by atoms with E-state index in [-0.39, 0.29) is 0 Å². The SMILES string of the molecule is CN1c2ccc(C(O)c3cccnc3)cc2Nc2nccnc21. The Balaban J connectivity index is 1.73. The summed E-state index contributed by atoms with van der Waals surface area (Å²) in [6, 6.07) is 9.48. The minimum Gasteiger partial charge on any atom is -0.384 e. The van der Waals surface area contributed by atoms with Gasteiger partial charge in [0, 0.05) is 37.4 Å². The highest BCUT2D eigenvalue weighted by atomic mass is 16.3. The molecule has 1 aliphatic heterocycles. The Labute approximate surface area is 133 Å². The Bertz CT molecular complexity index is 853. The van der Waals surface area contributed by atoms with Crippen LogP contribution in [-0.4, -0.2) is 27.1 Å². The minimum absolute atomic E-state index is 0.704. The zero-order valence-corrected chi connectivity index (χ0v) is 12.5. The van der Waals surface area contributed by atoms with Crippen molar-refractivity contribution in [2.24, 2.45) is 0 Å². The third-order valence-corrected chi connectivity index (χ3v) is 3.95. The molecule has 114 valence electrons. The molecule has 1 unspecified atom stereocenters. The molecular weight excluding hydrogens is 290 g/mol. The minimum atomic E-state index is -0.718. The van der Waals surface area contributed by atoms with Crippen LogP contribution in [0.4, 0.5) is 23.0 Å². The van der Waals surface area contributed by atoms with Crippen LogP contribution in [0.25, 0.3) is 0 Å². The summed E-state index contributed by atoms with van der Waals surface area (Å²) in [5, 5.41) is 13.8. The fraction of sp³-hybridized carbons (Fsp3) is 0.118. The summed E-state index contributed by atoms with van der Waals surface area (Å²) in [4.78, 5) is 14.7. The second-order valence-electron chi connectivity index (χ2n) is 5.38. The number of nitrogens with one attached hydrogen (secondary N) is 1. The Kier molecular flexibility index (Phi) is 3.17. The first-order chi connectivity index (χ1) is 11.2. The molecule has 0 spiro atoms. The van der Waals surface area contributed by atoms with Crippen LogP contribution in [0.3, 0.4) is 0 Å². The van der Waals surface area contributed by atoms with E-state index in [9.17, 15) is 5.11 Å². The van der Waals surface area contributed by atoms with E-state index in [0.29, 0.717) is 5.82 Å². The van der Waals surface area contributed by atoms with Crippen LogP contribution in [0.15, 0.2) is 55.1 Å². The monoisotopic (exact) mass is 305 g/mol. The number of anilines is 4. The maximum Gasteiger partial charge on any atom is 0.176 e. The molecule has 23 heavy (non-hydrogen) atoms. The summed E-state index contributed by atoms with van der Waals surface area (Å²) < 4.78 is 0. The highest BCUT2D eigenvalue weighted by Crippen LogP contribution is 2.41. The molecule has 0 saturated heterocycles. The summed E-state index contributed by atoms with van der Waals surface area (Å²) in [6.07, 6.45) is 5.96. The lowest BCUT2D eigenvalue weighted by Crippen LogP contribution is -2.20. The maximum absolute atomic E-state index is 10.5. The third-order valence-electron chi connectivity index (χ3n) is 3.95. The Morgan fingerprint density at radius 3 is 2.78 bits per heavy atom. The number of nitrogens with zero attached hydrogens (tertiary/aromatic N) is 4. The van der Waals surface area contributed by atoms with Crippen molar-refractivity contribution in [3.8, 4) is 0 Å². The summed E-state index contributed by atoms with van der Waals surface area (Å²) in [5.74, 6) is 1.48. The van der Waals surface area contributed by atoms with Gasteiger partial charge in [-0.2, -0.15) is 0 Å². The number of aromatic nitrogens is 3. The van der Waals surface area contributed by atoms with Gasteiger partial charge in [0.1, 0.15) is 6.10 Å². The van der Waals surface area contributed by atoms with Gasteiger partial charge in [0.2, 0.25) is 0 Å². The van der Waals surface area contributed by atoms with Gasteiger partial charge in [-0.05, 0) is 23.8 Å². The number of hydrogen-bond acceptors (Lipinski definition) is 6. The zero-order chi connectivity index (χ0) is 15.8. The van der Waals surface area contributed by atoms with Gasteiger partial charge in [0.15, 0.2) is 11.6 Å². The molecule has 6 heteroatoms. The van der Waals surface area contributed by atoms with Crippen molar-refractivity contribution in [3.63, 3.8) is 0 Å². The van der Waals surface area contributed by atoms with Crippen LogP contribution in [0.1, 0.15) is 17.2 Å². The third kappa shape index (κ3) is 2.29. The average molecular weight is 305 g/mol. The predicted octanol–water partition coefficient (Wildman–Crippen LogP) is 2.78. The van der Waals surface area contributed by atoms with E-state index in [0.717, 1.165) is 28.3 Å². The first-order valence-corrected chi connectivity index (χ1v) is 7.28. The van der Waals surface area contributed by atoms with Gasteiger partial charge in [-0.15, -0.1) is 0 Å². The normalized spacial score (nSPS) is 13.7. The molecule has 0 radical (unpaired) electrons. The number of rotatable bonds is 2. The van der Waals surface area contributed by atoms with Crippen LogP contribution < -0.4 is 10.2 Å². The molecular formula is C17H15N5O. The molecule has 3 heterocycles. The van der Waals surface area contributed by atoms with Crippen LogP contribution in [0.5, 0.6) is 0 Å². The molecule has 3 aromatic rings. The maximum atomic E-state index is 10.5. The Morgan fingerprint density at radius 1 is 1.09 bits per heavy atom. The topological polar surface area (TPSA) is 74.2 Å². The highest BCUT2D eigenvalue weighted by Gasteiger charge is 2.23. The summed E-state index contributed by atoms with van der Waals surface area (Å²) in [5.41, 5.74) is 3.43. The van der Waals surface area contributed by atoms with Gasteiger partial charge >= 0.3 is 0 Å². The number of aliphatic hydroxyl groups excluding tert-OH is 1. The molecule has 0 saturated carbocycles. The Hall–Kier alpha value is -2.99. The number of aliphatic hydroxyl groups is 1. The van der Waals surface area contributed by atoms with E-state index < -0.39 is 6.10 Å². The standard InChI is InChI=1S/C17H15N5O/c1-22-14-5-4-11(15(23)12-3-2-6-18-10-12)9-13(14)21-16-17(22)20-8-7-19-16/h2-10,15,23H,1H3,(H,19,21). The highest BCUT2D eigenvalue weighted by molar-refractivity contribution is 5.88. The summed E-state index contributed by atoms with van der Waals surface area (Å²) >= 11 is 0. The summed E-state index contributed by atoms with van der Waals surface area (Å²) in [7, 11) is 1.95. The van der Waals surface area contributed by atoms with E-state index >= 15 is 0 Å². The van der Waals surface area contributed by atoms with Gasteiger partial charge in [-0.3, -0.25) is 4.98 Å². The van der Waals surface area contributed by atoms with Gasteiger partial charge in [0.05, 0.1) is 11.4 Å². The summed E-state index contributed by atoms with van der Waals surface area (Å²) in [6.45, 7) is 0. The average Bonchev–Trinajstić information content (AvgIpc) is 2.61. The number of fused-ring (bicyclic) bond motifs is 2. The molecule has 1 aromatic carbocycles. The van der Waals surface area contributed by atoms with E-state index in [1.165, 1.54) is 0 Å². The fourth-order valence-electron chi connectivity index (χ4n) is 2.75. The zero-order valence-electron chi connectivity index (χ0n) is 12.5. The van der Waals surface area contributed by atoms with Crippen LogP contribution >= 0.6 is 0 Å². The van der Waals surface area contributed by atoms with Crippen molar-refractivity contribution in [2.45, 2.75) is 6.10 Å². The van der Waals surface area contributed by atoms with Crippen LogP contribution in [-0.2, 0) is 0 Å². The molecule has 1 atom stereocenters. The lowest BCUT2D eigenvalue weighted by atomic mass is 10.0. The van der Waals surface area contributed by atoms with Crippen molar-refractivity contribution in [1.82, 2.24) is 15.0 Å². The van der Waals surface area contributed by atoms with Gasteiger partial charge in [0.25, 0.3) is 0 Å². The van der Waals surface area contributed by atoms with E-state index in [2.05, 4.69) is 20.3 Å². The van der Waals surface area contributed by atoms with Crippen molar-refractivity contribution < 1.29 is 5.11 Å². The molecule has 6 nitrogen and oxygen atoms in total. The van der Waals surface area contributed by atoms with Crippen molar-refractivity contribution in [2.75, 3.05) is 17.3 Å². The van der Waals surface area contributed by atoms with E-state index in [1.807, 2.05) is 42.3 Å². The van der Waals surface area contributed by atoms with E-state index in [4.69, 9.17) is 0 Å². The molecule has 4 rings (SSSR count). The van der Waals surface area contributed by atoms with Gasteiger partial charge < -0.3 is 15.3 Å².